The molecule has 1 atom stereocenters. The van der Waals surface area contributed by atoms with E-state index in [0.717, 1.165) is 5.57 Å². The van der Waals surface area contributed by atoms with Gasteiger partial charge in [0.1, 0.15) is 0 Å². The van der Waals surface area contributed by atoms with E-state index in [1.807, 2.05) is 24.3 Å². The fraction of sp³-hybridized carbons (Fsp3) is 0.211. The van der Waals surface area contributed by atoms with Crippen LogP contribution in [0.3, 0.4) is 0 Å². The Kier molecular flexibility index (Phi) is 5.26. The van der Waals surface area contributed by atoms with Crippen LogP contribution in [0.25, 0.3) is 0 Å². The van der Waals surface area contributed by atoms with E-state index in [1.54, 1.807) is 36.4 Å². The Bertz CT molecular complexity index is 637. The minimum absolute atomic E-state index is 0.169. The maximum Gasteiger partial charge on any atom is 0.199 e. The lowest BCUT2D eigenvalue weighted by molar-refractivity contribution is 0.0296. The molecule has 0 spiro atoms. The van der Waals surface area contributed by atoms with E-state index in [9.17, 15) is 9.90 Å². The SMILES string of the molecule is C=C(CCN)CC(O)(C(=O)c1ccccc1)c1ccccc1. The van der Waals surface area contributed by atoms with E-state index in [1.165, 1.54) is 0 Å². The number of aliphatic hydroxyl groups is 1. The molecule has 0 saturated carbocycles. The summed E-state index contributed by atoms with van der Waals surface area (Å²) in [5.41, 5.74) is 5.75. The van der Waals surface area contributed by atoms with Gasteiger partial charge in [-0.05, 0) is 18.5 Å². The van der Waals surface area contributed by atoms with Crippen molar-refractivity contribution in [1.82, 2.24) is 0 Å². The van der Waals surface area contributed by atoms with Crippen LogP contribution in [0, 0.1) is 0 Å². The van der Waals surface area contributed by atoms with Crippen LogP contribution in [0.5, 0.6) is 0 Å². The van der Waals surface area contributed by atoms with Gasteiger partial charge in [-0.25, -0.2) is 0 Å². The maximum absolute atomic E-state index is 12.9. The van der Waals surface area contributed by atoms with Gasteiger partial charge in [0.15, 0.2) is 11.4 Å². The average Bonchev–Trinajstić information content (AvgIpc) is 2.56. The van der Waals surface area contributed by atoms with Crippen molar-refractivity contribution in [1.29, 1.82) is 0 Å². The van der Waals surface area contributed by atoms with Gasteiger partial charge in [-0.3, -0.25) is 4.79 Å². The molecule has 3 heteroatoms. The number of ketones is 1. The van der Waals surface area contributed by atoms with Crippen LogP contribution >= 0.6 is 0 Å². The summed E-state index contributed by atoms with van der Waals surface area (Å²) in [7, 11) is 0. The first-order valence-electron chi connectivity index (χ1n) is 7.32. The Hall–Kier alpha value is -2.23. The highest BCUT2D eigenvalue weighted by atomic mass is 16.3. The van der Waals surface area contributed by atoms with Crippen molar-refractivity contribution in [2.75, 3.05) is 6.54 Å². The topological polar surface area (TPSA) is 63.3 Å². The first-order valence-corrected chi connectivity index (χ1v) is 7.32. The standard InChI is InChI=1S/C19H21NO2/c1-15(12-13-20)14-19(22,17-10-6-3-7-11-17)18(21)16-8-4-2-5-9-16/h2-11,22H,1,12-14,20H2. The second kappa shape index (κ2) is 7.16. The molecule has 0 amide bonds. The molecule has 1 unspecified atom stereocenters. The quantitative estimate of drug-likeness (QED) is 0.609. The number of Topliss-reactive ketones (excluding diaryl/α,β-unsaturated/α-hetero) is 1. The first kappa shape index (κ1) is 16.1. The number of carbonyl (C=O) groups is 1. The smallest absolute Gasteiger partial charge is 0.199 e. The van der Waals surface area contributed by atoms with Crippen molar-refractivity contribution in [2.24, 2.45) is 5.73 Å². The zero-order valence-corrected chi connectivity index (χ0v) is 12.5. The van der Waals surface area contributed by atoms with Crippen LogP contribution in [0.2, 0.25) is 0 Å². The van der Waals surface area contributed by atoms with E-state index >= 15 is 0 Å². The molecule has 0 radical (unpaired) electrons. The average molecular weight is 295 g/mol. The molecular formula is C19H21NO2. The number of hydrogen-bond acceptors (Lipinski definition) is 3. The third kappa shape index (κ3) is 3.50. The predicted octanol–water partition coefficient (Wildman–Crippen LogP) is 3.05. The van der Waals surface area contributed by atoms with Crippen molar-refractivity contribution >= 4 is 5.78 Å². The maximum atomic E-state index is 12.9. The highest BCUT2D eigenvalue weighted by Gasteiger charge is 2.38. The Labute approximate surface area is 131 Å². The summed E-state index contributed by atoms with van der Waals surface area (Å²) in [6.45, 7) is 4.39. The number of carbonyl (C=O) groups excluding carboxylic acids is 1. The lowest BCUT2D eigenvalue weighted by Crippen LogP contribution is -2.36. The number of rotatable bonds is 7. The minimum Gasteiger partial charge on any atom is -0.377 e. The molecule has 2 aromatic carbocycles. The van der Waals surface area contributed by atoms with Crippen molar-refractivity contribution in [3.8, 4) is 0 Å². The lowest BCUT2D eigenvalue weighted by Gasteiger charge is -2.28. The normalized spacial score (nSPS) is 13.4. The second-order valence-electron chi connectivity index (χ2n) is 5.39. The third-order valence-corrected chi connectivity index (χ3v) is 3.67. The summed E-state index contributed by atoms with van der Waals surface area (Å²) in [5, 5.41) is 11.2. The summed E-state index contributed by atoms with van der Waals surface area (Å²) in [6, 6.07) is 17.8. The molecule has 0 fully saturated rings. The molecule has 0 aliphatic carbocycles. The molecule has 22 heavy (non-hydrogen) atoms. The van der Waals surface area contributed by atoms with Crippen molar-refractivity contribution in [3.05, 3.63) is 83.9 Å². The van der Waals surface area contributed by atoms with Gasteiger partial charge in [-0.1, -0.05) is 72.8 Å². The van der Waals surface area contributed by atoms with Crippen molar-refractivity contribution < 1.29 is 9.90 Å². The molecule has 2 rings (SSSR count). The predicted molar refractivity (Wildman–Crippen MR) is 88.5 cm³/mol. The largest absolute Gasteiger partial charge is 0.377 e. The highest BCUT2D eigenvalue weighted by molar-refractivity contribution is 6.03. The Morgan fingerprint density at radius 2 is 1.59 bits per heavy atom. The van der Waals surface area contributed by atoms with E-state index in [-0.39, 0.29) is 12.2 Å². The van der Waals surface area contributed by atoms with Gasteiger partial charge in [0.05, 0.1) is 0 Å². The van der Waals surface area contributed by atoms with Gasteiger partial charge < -0.3 is 10.8 Å². The van der Waals surface area contributed by atoms with Crippen molar-refractivity contribution in [3.63, 3.8) is 0 Å². The van der Waals surface area contributed by atoms with Crippen molar-refractivity contribution in [2.45, 2.75) is 18.4 Å². The van der Waals surface area contributed by atoms with Crippen LogP contribution in [0.4, 0.5) is 0 Å². The first-order chi connectivity index (χ1) is 10.6. The summed E-state index contributed by atoms with van der Waals surface area (Å²) in [5.74, 6) is -0.322. The molecular weight excluding hydrogens is 274 g/mol. The fourth-order valence-electron chi connectivity index (χ4n) is 2.51. The van der Waals surface area contributed by atoms with Gasteiger partial charge in [0, 0.05) is 12.0 Å². The van der Waals surface area contributed by atoms with E-state index in [4.69, 9.17) is 5.73 Å². The molecule has 0 aromatic heterocycles. The van der Waals surface area contributed by atoms with Crippen LogP contribution < -0.4 is 5.73 Å². The molecule has 0 heterocycles. The molecule has 0 aliphatic heterocycles. The summed E-state index contributed by atoms with van der Waals surface area (Å²) in [4.78, 5) is 12.9. The molecule has 3 N–H and O–H groups in total. The third-order valence-electron chi connectivity index (χ3n) is 3.67. The molecule has 3 nitrogen and oxygen atoms in total. The van der Waals surface area contributed by atoms with Crippen LogP contribution in [-0.4, -0.2) is 17.4 Å². The molecule has 114 valence electrons. The van der Waals surface area contributed by atoms with Crippen LogP contribution in [0.15, 0.2) is 72.8 Å². The Balaban J connectivity index is 2.41. The molecule has 0 bridgehead atoms. The van der Waals surface area contributed by atoms with Gasteiger partial charge in [-0.2, -0.15) is 0 Å². The highest BCUT2D eigenvalue weighted by Crippen LogP contribution is 2.32. The van der Waals surface area contributed by atoms with Gasteiger partial charge in [-0.15, -0.1) is 0 Å². The fourth-order valence-corrected chi connectivity index (χ4v) is 2.51. The van der Waals surface area contributed by atoms with E-state index < -0.39 is 5.60 Å². The lowest BCUT2D eigenvalue weighted by atomic mass is 9.80. The van der Waals surface area contributed by atoms with Gasteiger partial charge >= 0.3 is 0 Å². The minimum atomic E-state index is -1.62. The van der Waals surface area contributed by atoms with Gasteiger partial charge in [0.2, 0.25) is 0 Å². The summed E-state index contributed by atoms with van der Waals surface area (Å²) >= 11 is 0. The van der Waals surface area contributed by atoms with Gasteiger partial charge in [0.25, 0.3) is 0 Å². The molecule has 0 aliphatic rings. The zero-order chi connectivity index (χ0) is 16.0. The van der Waals surface area contributed by atoms with Crippen LogP contribution in [0.1, 0.15) is 28.8 Å². The number of benzene rings is 2. The molecule has 2 aromatic rings. The summed E-state index contributed by atoms with van der Waals surface area (Å²) in [6.07, 6.45) is 0.749. The number of hydrogen-bond donors (Lipinski definition) is 2. The Morgan fingerprint density at radius 1 is 1.05 bits per heavy atom. The second-order valence-corrected chi connectivity index (χ2v) is 5.39. The summed E-state index contributed by atoms with van der Waals surface area (Å²) < 4.78 is 0. The van der Waals surface area contributed by atoms with E-state index in [2.05, 4.69) is 6.58 Å². The monoisotopic (exact) mass is 295 g/mol. The zero-order valence-electron chi connectivity index (χ0n) is 12.5. The Morgan fingerprint density at radius 3 is 2.14 bits per heavy atom. The van der Waals surface area contributed by atoms with Crippen LogP contribution in [-0.2, 0) is 5.60 Å². The molecule has 0 saturated heterocycles. The van der Waals surface area contributed by atoms with E-state index in [0.29, 0.717) is 24.1 Å². The number of nitrogens with two attached hydrogens (primary N) is 1.